The molecule has 0 aliphatic carbocycles. The van der Waals surface area contributed by atoms with Crippen LogP contribution in [-0.2, 0) is 0 Å². The Kier molecular flexibility index (Phi) is 9.89. The number of fused-ring (bicyclic) bond motifs is 9. The smallest absolute Gasteiger partial charge is 0.0547 e. The average Bonchev–Trinajstić information content (AvgIpc) is 3.80. The monoisotopic (exact) mass is 914 g/mol. The van der Waals surface area contributed by atoms with Gasteiger partial charge in [-0.3, -0.25) is 0 Å². The molecule has 0 fully saturated rings. The van der Waals surface area contributed by atoms with Crippen LogP contribution in [0.3, 0.4) is 0 Å². The zero-order chi connectivity index (χ0) is 47.5. The fraction of sp³-hybridized carbons (Fsp3) is 0. The predicted octanol–water partition coefficient (Wildman–Crippen LogP) is 19.5. The van der Waals surface area contributed by atoms with Gasteiger partial charge in [-0.05, 0) is 149 Å². The minimum absolute atomic E-state index is 1.07. The second-order valence-electron chi connectivity index (χ2n) is 18.9. The van der Waals surface area contributed by atoms with Crippen molar-refractivity contribution >= 4 is 82.0 Å². The molecule has 0 N–H and O–H groups in total. The Morgan fingerprint density at radius 3 is 1.60 bits per heavy atom. The van der Waals surface area contributed by atoms with Crippen LogP contribution in [0.2, 0.25) is 0 Å². The minimum atomic E-state index is 1.07. The quantitative estimate of drug-likeness (QED) is 0.138. The summed E-state index contributed by atoms with van der Waals surface area (Å²) in [6.07, 6.45) is 0. The molecule has 0 spiro atoms. The number of hydrogen-bond acceptors (Lipinski definition) is 1. The lowest BCUT2D eigenvalue weighted by Crippen LogP contribution is -2.10. The van der Waals surface area contributed by atoms with E-state index in [9.17, 15) is 0 Å². The molecule has 0 radical (unpaired) electrons. The van der Waals surface area contributed by atoms with Crippen molar-refractivity contribution in [3.63, 3.8) is 0 Å². The van der Waals surface area contributed by atoms with E-state index in [1.54, 1.807) is 0 Å². The Hall–Kier alpha value is -9.50. The zero-order valence-corrected chi connectivity index (χ0v) is 39.5. The standard InChI is InChI=1S/C70H46N2/c1-2-16-47(17-3-1)54-36-40-61(69(46-54)72-67-31-13-12-30-65(67)70-62-27-9-6-19-49(62)37-41-68(70)72)50-34-38-57(39-35-50)71(58-24-14-22-52(43-58)53-33-32-48-18-4-5-20-51(48)42-53)59-25-15-23-55(44-59)66-45-56-21-7-8-26-60(56)63-28-10-11-29-64(63)66/h1-46H. The molecular weight excluding hydrogens is 869 g/mol. The summed E-state index contributed by atoms with van der Waals surface area (Å²) in [6.45, 7) is 0. The Bertz CT molecular complexity index is 4390. The van der Waals surface area contributed by atoms with Crippen LogP contribution in [0.1, 0.15) is 0 Å². The van der Waals surface area contributed by atoms with Crippen LogP contribution in [0.5, 0.6) is 0 Å². The van der Waals surface area contributed by atoms with E-state index in [-0.39, 0.29) is 0 Å². The van der Waals surface area contributed by atoms with Gasteiger partial charge in [-0.15, -0.1) is 0 Å². The summed E-state index contributed by atoms with van der Waals surface area (Å²) >= 11 is 0. The lowest BCUT2D eigenvalue weighted by atomic mass is 9.93. The van der Waals surface area contributed by atoms with Crippen molar-refractivity contribution in [1.82, 2.24) is 4.57 Å². The average molecular weight is 915 g/mol. The normalized spacial score (nSPS) is 11.6. The molecule has 72 heavy (non-hydrogen) atoms. The molecular formula is C70H46N2. The molecule has 0 amide bonds. The van der Waals surface area contributed by atoms with E-state index in [1.165, 1.54) is 98.3 Å². The van der Waals surface area contributed by atoms with Crippen LogP contribution in [0, 0.1) is 0 Å². The Labute approximate surface area is 418 Å². The van der Waals surface area contributed by atoms with Crippen molar-refractivity contribution in [2.45, 2.75) is 0 Å². The Balaban J connectivity index is 0.947. The van der Waals surface area contributed by atoms with E-state index < -0.39 is 0 Å². The van der Waals surface area contributed by atoms with Gasteiger partial charge >= 0.3 is 0 Å². The highest BCUT2D eigenvalue weighted by atomic mass is 15.1. The molecule has 0 aliphatic rings. The van der Waals surface area contributed by atoms with Gasteiger partial charge < -0.3 is 9.47 Å². The van der Waals surface area contributed by atoms with E-state index >= 15 is 0 Å². The molecule has 1 heterocycles. The number of aromatic nitrogens is 1. The summed E-state index contributed by atoms with van der Waals surface area (Å²) in [5.41, 5.74) is 16.2. The summed E-state index contributed by atoms with van der Waals surface area (Å²) in [4.78, 5) is 2.42. The van der Waals surface area contributed by atoms with Crippen molar-refractivity contribution in [3.8, 4) is 50.2 Å². The summed E-state index contributed by atoms with van der Waals surface area (Å²) in [5.74, 6) is 0. The van der Waals surface area contributed by atoms with Gasteiger partial charge in [-0.2, -0.15) is 0 Å². The first-order valence-electron chi connectivity index (χ1n) is 24.8. The fourth-order valence-electron chi connectivity index (χ4n) is 11.3. The molecule has 0 saturated carbocycles. The molecule has 14 aromatic rings. The van der Waals surface area contributed by atoms with E-state index in [1.807, 2.05) is 0 Å². The van der Waals surface area contributed by atoms with Crippen LogP contribution >= 0.6 is 0 Å². The first kappa shape index (κ1) is 41.5. The van der Waals surface area contributed by atoms with Crippen LogP contribution in [0.15, 0.2) is 279 Å². The maximum Gasteiger partial charge on any atom is 0.0547 e. The molecule has 0 saturated heterocycles. The highest BCUT2D eigenvalue weighted by Crippen LogP contribution is 2.44. The molecule has 1 aromatic heterocycles. The van der Waals surface area contributed by atoms with Gasteiger partial charge in [0.2, 0.25) is 0 Å². The molecule has 0 atom stereocenters. The lowest BCUT2D eigenvalue weighted by Gasteiger charge is -2.27. The van der Waals surface area contributed by atoms with Crippen LogP contribution in [0.4, 0.5) is 17.1 Å². The van der Waals surface area contributed by atoms with Gasteiger partial charge in [0.05, 0.1) is 16.7 Å². The third-order valence-electron chi connectivity index (χ3n) is 14.7. The third-order valence-corrected chi connectivity index (χ3v) is 14.7. The van der Waals surface area contributed by atoms with Crippen LogP contribution in [0.25, 0.3) is 115 Å². The number of anilines is 3. The lowest BCUT2D eigenvalue weighted by molar-refractivity contribution is 1.18. The van der Waals surface area contributed by atoms with E-state index in [0.717, 1.165) is 33.9 Å². The predicted molar refractivity (Wildman–Crippen MR) is 307 cm³/mol. The Morgan fingerprint density at radius 2 is 0.792 bits per heavy atom. The van der Waals surface area contributed by atoms with Gasteiger partial charge in [0.25, 0.3) is 0 Å². The molecule has 336 valence electrons. The first-order valence-corrected chi connectivity index (χ1v) is 24.8. The summed E-state index contributed by atoms with van der Waals surface area (Å²) in [6, 6.07) is 102. The maximum atomic E-state index is 2.49. The highest BCUT2D eigenvalue weighted by molar-refractivity contribution is 6.21. The third kappa shape index (κ3) is 7.03. The number of para-hydroxylation sites is 1. The number of nitrogens with zero attached hydrogens (tertiary/aromatic N) is 2. The second-order valence-corrected chi connectivity index (χ2v) is 18.9. The minimum Gasteiger partial charge on any atom is -0.310 e. The van der Waals surface area contributed by atoms with Crippen molar-refractivity contribution < 1.29 is 0 Å². The van der Waals surface area contributed by atoms with Gasteiger partial charge in [0, 0.05) is 33.4 Å². The fourth-order valence-corrected chi connectivity index (χ4v) is 11.3. The van der Waals surface area contributed by atoms with Crippen molar-refractivity contribution in [1.29, 1.82) is 0 Å². The van der Waals surface area contributed by atoms with Crippen molar-refractivity contribution in [2.75, 3.05) is 4.90 Å². The zero-order valence-electron chi connectivity index (χ0n) is 39.5. The second kappa shape index (κ2) is 17.2. The summed E-state index contributed by atoms with van der Waals surface area (Å²) in [5, 5.41) is 12.5. The van der Waals surface area contributed by atoms with Gasteiger partial charge in [-0.1, -0.05) is 212 Å². The van der Waals surface area contributed by atoms with E-state index in [4.69, 9.17) is 0 Å². The Morgan fingerprint density at radius 1 is 0.236 bits per heavy atom. The van der Waals surface area contributed by atoms with E-state index in [0.29, 0.717) is 0 Å². The van der Waals surface area contributed by atoms with Gasteiger partial charge in [0.15, 0.2) is 0 Å². The van der Waals surface area contributed by atoms with Crippen molar-refractivity contribution in [3.05, 3.63) is 279 Å². The molecule has 13 aromatic carbocycles. The van der Waals surface area contributed by atoms with Crippen LogP contribution in [-0.4, -0.2) is 4.57 Å². The highest BCUT2D eigenvalue weighted by Gasteiger charge is 2.21. The summed E-state index contributed by atoms with van der Waals surface area (Å²) in [7, 11) is 0. The van der Waals surface area contributed by atoms with Gasteiger partial charge in [0.1, 0.15) is 0 Å². The van der Waals surface area contributed by atoms with Crippen LogP contribution < -0.4 is 4.90 Å². The molecule has 0 unspecified atom stereocenters. The topological polar surface area (TPSA) is 8.17 Å². The number of rotatable bonds is 8. The SMILES string of the molecule is c1ccc(-c2ccc(-c3ccc(N(c4cccc(-c5ccc6ccccc6c5)c4)c4cccc(-c5cc6ccccc6c6ccccc56)c4)cc3)c(-n3c4ccccc4c4c5ccccc5ccc43)c2)cc1. The maximum absolute atomic E-state index is 2.49. The van der Waals surface area contributed by atoms with Gasteiger partial charge in [-0.25, -0.2) is 0 Å². The number of hydrogen-bond donors (Lipinski definition) is 0. The molecule has 14 rings (SSSR count). The molecule has 0 aliphatic heterocycles. The summed E-state index contributed by atoms with van der Waals surface area (Å²) < 4.78 is 2.49. The van der Waals surface area contributed by atoms with Crippen molar-refractivity contribution in [2.24, 2.45) is 0 Å². The number of benzene rings is 13. The first-order chi connectivity index (χ1) is 35.7. The molecule has 0 bridgehead atoms. The molecule has 2 nitrogen and oxygen atoms in total. The molecule has 2 heteroatoms. The van der Waals surface area contributed by atoms with E-state index in [2.05, 4.69) is 289 Å². The largest absolute Gasteiger partial charge is 0.310 e.